The van der Waals surface area contributed by atoms with Crippen LogP contribution in [-0.2, 0) is 11.3 Å². The normalized spacial score (nSPS) is 13.7. The Bertz CT molecular complexity index is 806. The number of hydrogen-bond acceptors (Lipinski definition) is 6. The van der Waals surface area contributed by atoms with Crippen molar-refractivity contribution in [3.05, 3.63) is 34.7 Å². The van der Waals surface area contributed by atoms with E-state index in [0.29, 0.717) is 11.3 Å². The third-order valence-electron chi connectivity index (χ3n) is 3.50. The first-order chi connectivity index (χ1) is 10.9. The van der Waals surface area contributed by atoms with Crippen molar-refractivity contribution in [2.75, 3.05) is 11.1 Å². The Labute approximate surface area is 131 Å². The van der Waals surface area contributed by atoms with Crippen LogP contribution < -0.4 is 16.6 Å². The second kappa shape index (κ2) is 5.64. The van der Waals surface area contributed by atoms with Crippen molar-refractivity contribution < 1.29 is 15.0 Å². The Kier molecular flexibility index (Phi) is 3.65. The first-order valence-corrected chi connectivity index (χ1v) is 7.12. The molecule has 1 fully saturated rings. The van der Waals surface area contributed by atoms with Gasteiger partial charge in [-0.3, -0.25) is 14.2 Å². The van der Waals surface area contributed by atoms with E-state index in [1.54, 1.807) is 6.07 Å². The molecule has 8 nitrogen and oxygen atoms in total. The standard InChI is InChI=1S/C15H16N4O4/c16-9-3-8(4-11(20)5-9)12-6-17-14(18-10-1-2-10)15(23)19(12)7-13(21)22/h3-6,10,20H,1-2,7,16H2,(H,17,18)(H,21,22). The fraction of sp³-hybridized carbons (Fsp3) is 0.267. The number of phenolic OH excluding ortho intramolecular Hbond substituents is 1. The topological polar surface area (TPSA) is 130 Å². The van der Waals surface area contributed by atoms with Gasteiger partial charge >= 0.3 is 5.97 Å². The Hall–Kier alpha value is -3.03. The number of nitrogens with one attached hydrogen (secondary N) is 1. The van der Waals surface area contributed by atoms with Gasteiger partial charge in [0.2, 0.25) is 0 Å². The predicted octanol–water partition coefficient (Wildman–Crippen LogP) is 0.857. The number of aromatic hydroxyl groups is 1. The number of carboxylic acid groups (broad SMARTS) is 1. The maximum atomic E-state index is 12.5. The van der Waals surface area contributed by atoms with Gasteiger partial charge in [-0.15, -0.1) is 0 Å². The lowest BCUT2D eigenvalue weighted by Crippen LogP contribution is -2.29. The van der Waals surface area contributed by atoms with Crippen molar-refractivity contribution in [3.8, 4) is 17.0 Å². The molecule has 120 valence electrons. The van der Waals surface area contributed by atoms with E-state index in [1.165, 1.54) is 18.3 Å². The van der Waals surface area contributed by atoms with Crippen molar-refractivity contribution >= 4 is 17.5 Å². The summed E-state index contributed by atoms with van der Waals surface area (Å²) in [5.74, 6) is -1.09. The summed E-state index contributed by atoms with van der Waals surface area (Å²) in [6, 6.07) is 4.53. The highest BCUT2D eigenvalue weighted by Gasteiger charge is 2.24. The third-order valence-corrected chi connectivity index (χ3v) is 3.50. The molecular formula is C15H16N4O4. The Morgan fingerprint density at radius 1 is 1.39 bits per heavy atom. The number of nitrogen functional groups attached to an aromatic ring is 1. The average molecular weight is 316 g/mol. The molecule has 0 spiro atoms. The van der Waals surface area contributed by atoms with Gasteiger partial charge in [0.25, 0.3) is 5.56 Å². The molecule has 5 N–H and O–H groups in total. The largest absolute Gasteiger partial charge is 0.508 e. The number of anilines is 2. The zero-order valence-corrected chi connectivity index (χ0v) is 12.2. The van der Waals surface area contributed by atoms with Gasteiger partial charge < -0.3 is 21.3 Å². The summed E-state index contributed by atoms with van der Waals surface area (Å²) in [6.07, 6.45) is 3.33. The minimum atomic E-state index is -1.15. The van der Waals surface area contributed by atoms with E-state index >= 15 is 0 Å². The number of aliphatic carboxylic acids is 1. The molecule has 23 heavy (non-hydrogen) atoms. The zero-order chi connectivity index (χ0) is 16.6. The molecule has 0 saturated heterocycles. The Morgan fingerprint density at radius 2 is 2.13 bits per heavy atom. The van der Waals surface area contributed by atoms with Crippen molar-refractivity contribution in [1.82, 2.24) is 9.55 Å². The van der Waals surface area contributed by atoms with E-state index in [2.05, 4.69) is 10.3 Å². The molecule has 1 saturated carbocycles. The summed E-state index contributed by atoms with van der Waals surface area (Å²) in [4.78, 5) is 27.7. The lowest BCUT2D eigenvalue weighted by molar-refractivity contribution is -0.137. The summed E-state index contributed by atoms with van der Waals surface area (Å²) < 4.78 is 1.11. The minimum absolute atomic E-state index is 0.0745. The molecule has 1 aromatic carbocycles. The molecule has 1 aliphatic carbocycles. The third kappa shape index (κ3) is 3.25. The number of carboxylic acids is 1. The minimum Gasteiger partial charge on any atom is -0.508 e. The van der Waals surface area contributed by atoms with E-state index < -0.39 is 18.1 Å². The molecule has 0 unspecified atom stereocenters. The maximum Gasteiger partial charge on any atom is 0.323 e. The number of aromatic nitrogens is 2. The smallest absolute Gasteiger partial charge is 0.323 e. The number of carbonyl (C=O) groups is 1. The van der Waals surface area contributed by atoms with Gasteiger partial charge in [-0.05, 0) is 25.0 Å². The highest BCUT2D eigenvalue weighted by atomic mass is 16.4. The molecule has 1 aliphatic rings. The van der Waals surface area contributed by atoms with Crippen LogP contribution in [0.15, 0.2) is 29.2 Å². The molecule has 0 atom stereocenters. The summed E-state index contributed by atoms with van der Waals surface area (Å²) in [7, 11) is 0. The van der Waals surface area contributed by atoms with Gasteiger partial charge in [-0.2, -0.15) is 0 Å². The number of benzene rings is 1. The lowest BCUT2D eigenvalue weighted by Gasteiger charge is -2.13. The number of phenols is 1. The predicted molar refractivity (Wildman–Crippen MR) is 84.3 cm³/mol. The summed E-state index contributed by atoms with van der Waals surface area (Å²) in [5, 5.41) is 21.7. The van der Waals surface area contributed by atoms with Crippen LogP contribution in [0.2, 0.25) is 0 Å². The van der Waals surface area contributed by atoms with Gasteiger partial charge in [0.05, 0.1) is 11.9 Å². The highest BCUT2D eigenvalue weighted by Crippen LogP contribution is 2.27. The van der Waals surface area contributed by atoms with Crippen molar-refractivity contribution in [1.29, 1.82) is 0 Å². The van der Waals surface area contributed by atoms with Gasteiger partial charge in [-0.25, -0.2) is 4.98 Å². The number of rotatable bonds is 5. The van der Waals surface area contributed by atoms with Crippen molar-refractivity contribution in [3.63, 3.8) is 0 Å². The molecule has 0 bridgehead atoms. The van der Waals surface area contributed by atoms with Gasteiger partial charge in [0.15, 0.2) is 5.82 Å². The van der Waals surface area contributed by atoms with E-state index in [4.69, 9.17) is 10.8 Å². The van der Waals surface area contributed by atoms with Crippen LogP contribution in [0, 0.1) is 0 Å². The van der Waals surface area contributed by atoms with E-state index in [1.807, 2.05) is 0 Å². The first-order valence-electron chi connectivity index (χ1n) is 7.12. The van der Waals surface area contributed by atoms with Crippen LogP contribution >= 0.6 is 0 Å². The zero-order valence-electron chi connectivity index (χ0n) is 12.2. The molecule has 2 aromatic rings. The average Bonchev–Trinajstić information content (AvgIpc) is 3.26. The van der Waals surface area contributed by atoms with Crippen LogP contribution in [0.1, 0.15) is 12.8 Å². The molecule has 3 rings (SSSR count). The fourth-order valence-electron chi connectivity index (χ4n) is 2.31. The molecular weight excluding hydrogens is 300 g/mol. The van der Waals surface area contributed by atoms with Crippen LogP contribution in [-0.4, -0.2) is 31.8 Å². The van der Waals surface area contributed by atoms with Crippen LogP contribution in [0.3, 0.4) is 0 Å². The molecule has 1 aromatic heterocycles. The van der Waals surface area contributed by atoms with Crippen molar-refractivity contribution in [2.24, 2.45) is 0 Å². The molecule has 1 heterocycles. The SMILES string of the molecule is Nc1cc(O)cc(-c2cnc(NC3CC3)c(=O)n2CC(=O)O)c1. The maximum absolute atomic E-state index is 12.5. The second-order valence-electron chi connectivity index (χ2n) is 5.51. The monoisotopic (exact) mass is 316 g/mol. The summed E-state index contributed by atoms with van der Waals surface area (Å²) in [6.45, 7) is -0.508. The van der Waals surface area contributed by atoms with E-state index in [0.717, 1.165) is 17.4 Å². The number of nitrogens with two attached hydrogens (primary N) is 1. The quantitative estimate of drug-likeness (QED) is 0.602. The van der Waals surface area contributed by atoms with Gasteiger partial charge in [-0.1, -0.05) is 0 Å². The van der Waals surface area contributed by atoms with Crippen molar-refractivity contribution in [2.45, 2.75) is 25.4 Å². The van der Waals surface area contributed by atoms with Crippen LogP contribution in [0.4, 0.5) is 11.5 Å². The van der Waals surface area contributed by atoms with Gasteiger partial charge in [0, 0.05) is 23.4 Å². The number of nitrogens with zero attached hydrogens (tertiary/aromatic N) is 2. The summed E-state index contributed by atoms with van der Waals surface area (Å²) in [5.41, 5.74) is 6.18. The summed E-state index contributed by atoms with van der Waals surface area (Å²) >= 11 is 0. The lowest BCUT2D eigenvalue weighted by atomic mass is 10.1. The second-order valence-corrected chi connectivity index (χ2v) is 5.51. The molecule has 0 amide bonds. The Balaban J connectivity index is 2.12. The van der Waals surface area contributed by atoms with Crippen LogP contribution in [0.25, 0.3) is 11.3 Å². The number of hydrogen-bond donors (Lipinski definition) is 4. The first kappa shape index (κ1) is 14.9. The fourth-order valence-corrected chi connectivity index (χ4v) is 2.31. The van der Waals surface area contributed by atoms with E-state index in [-0.39, 0.29) is 23.3 Å². The van der Waals surface area contributed by atoms with Gasteiger partial charge in [0.1, 0.15) is 12.3 Å². The molecule has 0 aliphatic heterocycles. The molecule has 0 radical (unpaired) electrons. The molecule has 8 heteroatoms. The highest BCUT2D eigenvalue weighted by molar-refractivity contribution is 5.71. The Morgan fingerprint density at radius 3 is 2.74 bits per heavy atom. The van der Waals surface area contributed by atoms with Crippen LogP contribution in [0.5, 0.6) is 5.75 Å². The van der Waals surface area contributed by atoms with E-state index in [9.17, 15) is 14.7 Å².